The Kier molecular flexibility index (Phi) is 7.06. The molecule has 1 aromatic rings. The first-order chi connectivity index (χ1) is 11.6. The summed E-state index contributed by atoms with van der Waals surface area (Å²) in [5, 5.41) is 9.56. The monoisotopic (exact) mass is 331 g/mol. The molecule has 1 aliphatic carbocycles. The Labute approximate surface area is 144 Å². The van der Waals surface area contributed by atoms with Gasteiger partial charge in [0.25, 0.3) is 5.91 Å². The summed E-state index contributed by atoms with van der Waals surface area (Å²) in [5.74, 6) is 1.58. The molecule has 1 aromatic carbocycles. The van der Waals surface area contributed by atoms with E-state index in [4.69, 9.17) is 0 Å². The third-order valence-electron chi connectivity index (χ3n) is 3.97. The van der Waals surface area contributed by atoms with E-state index in [0.717, 1.165) is 30.5 Å². The zero-order valence-corrected chi connectivity index (χ0v) is 14.9. The summed E-state index contributed by atoms with van der Waals surface area (Å²) in [5.41, 5.74) is 1.75. The number of amides is 1. The molecular formula is C18H29N5O. The fraction of sp³-hybridized carbons (Fsp3) is 0.556. The smallest absolute Gasteiger partial charge is 0.251 e. The van der Waals surface area contributed by atoms with Gasteiger partial charge in [0.15, 0.2) is 5.96 Å². The summed E-state index contributed by atoms with van der Waals surface area (Å²) < 4.78 is 0. The van der Waals surface area contributed by atoms with Crippen molar-refractivity contribution in [3.63, 3.8) is 0 Å². The van der Waals surface area contributed by atoms with Crippen molar-refractivity contribution in [1.29, 1.82) is 0 Å². The number of carbonyl (C=O) groups is 1. The van der Waals surface area contributed by atoms with Crippen LogP contribution in [0.4, 0.5) is 0 Å². The van der Waals surface area contributed by atoms with Crippen LogP contribution in [-0.2, 0) is 6.54 Å². The largest absolute Gasteiger partial charge is 0.356 e. The summed E-state index contributed by atoms with van der Waals surface area (Å²) in [6, 6.07) is 7.69. The minimum absolute atomic E-state index is 0.0325. The molecule has 0 aliphatic heterocycles. The van der Waals surface area contributed by atoms with Gasteiger partial charge in [0.2, 0.25) is 0 Å². The molecular weight excluding hydrogens is 302 g/mol. The Bertz CT molecular complexity index is 566. The molecule has 24 heavy (non-hydrogen) atoms. The van der Waals surface area contributed by atoms with E-state index in [0.29, 0.717) is 18.7 Å². The van der Waals surface area contributed by atoms with Gasteiger partial charge in [-0.3, -0.25) is 9.79 Å². The number of aliphatic imine (C=N–C) groups is 1. The predicted molar refractivity (Wildman–Crippen MR) is 98.3 cm³/mol. The van der Waals surface area contributed by atoms with Crippen LogP contribution in [0.1, 0.15) is 28.8 Å². The molecule has 3 N–H and O–H groups in total. The van der Waals surface area contributed by atoms with E-state index in [9.17, 15) is 4.79 Å². The Morgan fingerprint density at radius 3 is 2.71 bits per heavy atom. The van der Waals surface area contributed by atoms with Crippen LogP contribution >= 0.6 is 0 Å². The summed E-state index contributed by atoms with van der Waals surface area (Å²) in [6.07, 6.45) is 2.63. The van der Waals surface area contributed by atoms with Gasteiger partial charge < -0.3 is 20.9 Å². The minimum atomic E-state index is -0.0325. The summed E-state index contributed by atoms with van der Waals surface area (Å²) >= 11 is 0. The number of hydrogen-bond donors (Lipinski definition) is 3. The molecule has 0 radical (unpaired) electrons. The van der Waals surface area contributed by atoms with Crippen molar-refractivity contribution in [3.05, 3.63) is 35.4 Å². The lowest BCUT2D eigenvalue weighted by Gasteiger charge is -2.13. The van der Waals surface area contributed by atoms with Gasteiger partial charge in [-0.05, 0) is 50.6 Å². The van der Waals surface area contributed by atoms with Gasteiger partial charge in [0.05, 0.1) is 0 Å². The molecule has 0 aromatic heterocycles. The van der Waals surface area contributed by atoms with Crippen molar-refractivity contribution < 1.29 is 4.79 Å². The highest BCUT2D eigenvalue weighted by atomic mass is 16.1. The van der Waals surface area contributed by atoms with Crippen LogP contribution in [0, 0.1) is 5.92 Å². The van der Waals surface area contributed by atoms with E-state index in [1.807, 2.05) is 43.3 Å². The number of likely N-dealkylation sites (N-methyl/N-ethyl adjacent to an activating group) is 1. The van der Waals surface area contributed by atoms with E-state index in [2.05, 4.69) is 20.9 Å². The van der Waals surface area contributed by atoms with Crippen molar-refractivity contribution >= 4 is 11.9 Å². The zero-order valence-electron chi connectivity index (χ0n) is 14.9. The molecule has 0 heterocycles. The Morgan fingerprint density at radius 1 is 1.25 bits per heavy atom. The number of nitrogens with one attached hydrogen (secondary N) is 3. The molecule has 1 fully saturated rings. The summed E-state index contributed by atoms with van der Waals surface area (Å²) in [6.45, 7) is 3.10. The highest BCUT2D eigenvalue weighted by molar-refractivity contribution is 5.94. The lowest BCUT2D eigenvalue weighted by atomic mass is 10.1. The van der Waals surface area contributed by atoms with Gasteiger partial charge in [-0.2, -0.15) is 0 Å². The Morgan fingerprint density at radius 2 is 2.04 bits per heavy atom. The van der Waals surface area contributed by atoms with Gasteiger partial charge in [0.1, 0.15) is 0 Å². The lowest BCUT2D eigenvalue weighted by molar-refractivity contribution is 0.0951. The van der Waals surface area contributed by atoms with Crippen molar-refractivity contribution in [2.24, 2.45) is 10.9 Å². The van der Waals surface area contributed by atoms with Gasteiger partial charge in [-0.15, -0.1) is 0 Å². The van der Waals surface area contributed by atoms with Gasteiger partial charge in [-0.1, -0.05) is 12.1 Å². The Balaban J connectivity index is 1.81. The second-order valence-corrected chi connectivity index (χ2v) is 6.51. The van der Waals surface area contributed by atoms with Gasteiger partial charge >= 0.3 is 0 Å². The number of carbonyl (C=O) groups excluding carboxylic acids is 1. The zero-order chi connectivity index (χ0) is 17.4. The molecule has 0 spiro atoms. The average Bonchev–Trinajstić information content (AvgIpc) is 3.39. The molecule has 2 rings (SSSR count). The molecule has 0 unspecified atom stereocenters. The van der Waals surface area contributed by atoms with Crippen LogP contribution in [0.2, 0.25) is 0 Å². The van der Waals surface area contributed by atoms with E-state index in [-0.39, 0.29) is 5.91 Å². The van der Waals surface area contributed by atoms with Crippen LogP contribution in [0.15, 0.2) is 29.3 Å². The molecule has 0 atom stereocenters. The maximum atomic E-state index is 12.2. The number of benzene rings is 1. The van der Waals surface area contributed by atoms with Crippen molar-refractivity contribution in [1.82, 2.24) is 20.9 Å². The van der Waals surface area contributed by atoms with Crippen LogP contribution in [0.5, 0.6) is 0 Å². The van der Waals surface area contributed by atoms with Crippen LogP contribution in [0.3, 0.4) is 0 Å². The number of guanidine groups is 1. The van der Waals surface area contributed by atoms with E-state index >= 15 is 0 Å². The fourth-order valence-electron chi connectivity index (χ4n) is 2.29. The van der Waals surface area contributed by atoms with Crippen molar-refractivity contribution in [3.8, 4) is 0 Å². The van der Waals surface area contributed by atoms with Gasteiger partial charge in [-0.25, -0.2) is 0 Å². The second kappa shape index (κ2) is 9.27. The maximum absolute atomic E-state index is 12.2. The van der Waals surface area contributed by atoms with E-state index < -0.39 is 0 Å². The lowest BCUT2D eigenvalue weighted by Crippen LogP contribution is -2.37. The number of nitrogens with zero attached hydrogens (tertiary/aromatic N) is 2. The molecule has 6 nitrogen and oxygen atoms in total. The first-order valence-corrected chi connectivity index (χ1v) is 8.55. The molecule has 6 heteroatoms. The highest BCUT2D eigenvalue weighted by Crippen LogP contribution is 2.27. The fourth-order valence-corrected chi connectivity index (χ4v) is 2.29. The molecule has 1 saturated carbocycles. The first-order valence-electron chi connectivity index (χ1n) is 8.55. The van der Waals surface area contributed by atoms with Crippen molar-refractivity contribution in [2.75, 3.05) is 40.8 Å². The number of rotatable bonds is 8. The topological polar surface area (TPSA) is 68.8 Å². The third-order valence-corrected chi connectivity index (χ3v) is 3.97. The minimum Gasteiger partial charge on any atom is -0.356 e. The summed E-state index contributed by atoms with van der Waals surface area (Å²) in [4.78, 5) is 18.4. The SMILES string of the molecule is CN=C(NCc1cccc(C(=O)NCCN(C)C)c1)NCC1CC1. The average molecular weight is 331 g/mol. The predicted octanol–water partition coefficient (Wildman–Crippen LogP) is 1.05. The van der Waals surface area contributed by atoms with Crippen LogP contribution in [-0.4, -0.2) is 57.5 Å². The van der Waals surface area contributed by atoms with E-state index in [1.54, 1.807) is 7.05 Å². The Hall–Kier alpha value is -2.08. The van der Waals surface area contributed by atoms with E-state index in [1.165, 1.54) is 12.8 Å². The summed E-state index contributed by atoms with van der Waals surface area (Å²) in [7, 11) is 5.75. The second-order valence-electron chi connectivity index (χ2n) is 6.51. The first kappa shape index (κ1) is 18.3. The quantitative estimate of drug-likeness (QED) is 0.492. The normalized spacial score (nSPS) is 14.6. The van der Waals surface area contributed by atoms with Crippen LogP contribution in [0.25, 0.3) is 0 Å². The molecule has 132 valence electrons. The van der Waals surface area contributed by atoms with Gasteiger partial charge in [0, 0.05) is 38.8 Å². The molecule has 0 saturated heterocycles. The maximum Gasteiger partial charge on any atom is 0.251 e. The highest BCUT2D eigenvalue weighted by Gasteiger charge is 2.21. The molecule has 1 amide bonds. The standard InChI is InChI=1S/C18H29N5O/c1-19-18(21-12-14-7-8-14)22-13-15-5-4-6-16(11-15)17(24)20-9-10-23(2)3/h4-6,11,14H,7-10,12-13H2,1-3H3,(H,20,24)(H2,19,21,22). The van der Waals surface area contributed by atoms with Crippen LogP contribution < -0.4 is 16.0 Å². The third kappa shape index (κ3) is 6.58. The number of hydrogen-bond acceptors (Lipinski definition) is 3. The molecule has 1 aliphatic rings. The molecule has 0 bridgehead atoms. The van der Waals surface area contributed by atoms with Crippen molar-refractivity contribution in [2.45, 2.75) is 19.4 Å².